The monoisotopic (exact) mass is 377 g/mol. The molecule has 3 aromatic rings. The minimum Gasteiger partial charge on any atom is -0.349 e. The second kappa shape index (κ2) is 7.82. The number of nitrogens with two attached hydrogens (primary N) is 1. The van der Waals surface area contributed by atoms with Gasteiger partial charge in [0.05, 0.1) is 17.4 Å². The van der Waals surface area contributed by atoms with Crippen molar-refractivity contribution >= 4 is 28.5 Å². The van der Waals surface area contributed by atoms with Gasteiger partial charge in [-0.15, -0.1) is 0 Å². The van der Waals surface area contributed by atoms with Crippen LogP contribution in [0.5, 0.6) is 0 Å². The Morgan fingerprint density at radius 3 is 2.82 bits per heavy atom. The summed E-state index contributed by atoms with van der Waals surface area (Å²) in [6, 6.07) is 12.3. The van der Waals surface area contributed by atoms with Crippen molar-refractivity contribution in [3.8, 4) is 0 Å². The van der Waals surface area contributed by atoms with E-state index in [9.17, 15) is 9.59 Å². The molecule has 1 aliphatic carbocycles. The summed E-state index contributed by atoms with van der Waals surface area (Å²) in [7, 11) is 0. The number of hydrogen-bond acceptors (Lipinski definition) is 4. The highest BCUT2D eigenvalue weighted by atomic mass is 16.2. The first-order valence-electron chi connectivity index (χ1n) is 9.49. The zero-order valence-corrected chi connectivity index (χ0v) is 15.4. The predicted octanol–water partition coefficient (Wildman–Crippen LogP) is 2.67. The summed E-state index contributed by atoms with van der Waals surface area (Å²) in [5.41, 5.74) is 9.01. The Kier molecular flexibility index (Phi) is 5.08. The van der Waals surface area contributed by atoms with Gasteiger partial charge in [0, 0.05) is 22.9 Å². The van der Waals surface area contributed by atoms with Crippen LogP contribution in [0.15, 0.2) is 48.8 Å². The van der Waals surface area contributed by atoms with E-state index in [0.29, 0.717) is 29.3 Å². The third kappa shape index (κ3) is 3.75. The van der Waals surface area contributed by atoms with Gasteiger partial charge in [0.1, 0.15) is 0 Å². The third-order valence-electron chi connectivity index (χ3n) is 5.34. The van der Waals surface area contributed by atoms with E-state index in [2.05, 4.69) is 20.6 Å². The van der Waals surface area contributed by atoms with Crippen LogP contribution in [0.1, 0.15) is 40.0 Å². The molecule has 0 bridgehead atoms. The van der Waals surface area contributed by atoms with Crippen LogP contribution in [0, 0.1) is 5.92 Å². The number of rotatable bonds is 5. The Morgan fingerprint density at radius 2 is 1.96 bits per heavy atom. The first-order valence-corrected chi connectivity index (χ1v) is 9.49. The molecule has 28 heavy (non-hydrogen) atoms. The van der Waals surface area contributed by atoms with Crippen molar-refractivity contribution in [3.63, 3.8) is 0 Å². The van der Waals surface area contributed by atoms with Crippen molar-refractivity contribution in [2.24, 2.45) is 11.7 Å². The van der Waals surface area contributed by atoms with Gasteiger partial charge in [0.2, 0.25) is 0 Å². The number of benzene rings is 2. The molecular formula is C21H23N5O2. The predicted molar refractivity (Wildman–Crippen MR) is 108 cm³/mol. The van der Waals surface area contributed by atoms with E-state index in [1.54, 1.807) is 48.8 Å². The van der Waals surface area contributed by atoms with Gasteiger partial charge in [-0.05, 0) is 61.7 Å². The van der Waals surface area contributed by atoms with E-state index in [-0.39, 0.29) is 17.9 Å². The lowest BCUT2D eigenvalue weighted by atomic mass is 10.0. The second-order valence-electron chi connectivity index (χ2n) is 7.18. The largest absolute Gasteiger partial charge is 0.349 e. The number of aromatic nitrogens is 2. The number of nitrogens with zero attached hydrogens (tertiary/aromatic N) is 1. The first kappa shape index (κ1) is 18.2. The minimum atomic E-state index is -0.243. The number of H-pyrrole nitrogens is 1. The molecule has 0 saturated heterocycles. The number of imidazole rings is 1. The minimum absolute atomic E-state index is 0.122. The maximum absolute atomic E-state index is 12.6. The molecule has 1 saturated carbocycles. The highest BCUT2D eigenvalue weighted by Gasteiger charge is 2.27. The molecule has 5 N–H and O–H groups in total. The lowest BCUT2D eigenvalue weighted by Gasteiger charge is -2.19. The van der Waals surface area contributed by atoms with Crippen LogP contribution in [0.25, 0.3) is 11.0 Å². The summed E-state index contributed by atoms with van der Waals surface area (Å²) in [6.07, 6.45) is 4.69. The smallest absolute Gasteiger partial charge is 0.255 e. The lowest BCUT2D eigenvalue weighted by Crippen LogP contribution is -2.39. The summed E-state index contributed by atoms with van der Waals surface area (Å²) < 4.78 is 0. The summed E-state index contributed by atoms with van der Waals surface area (Å²) in [5.74, 6) is -0.0439. The quantitative estimate of drug-likeness (QED) is 0.547. The van der Waals surface area contributed by atoms with Crippen molar-refractivity contribution in [1.29, 1.82) is 0 Å². The van der Waals surface area contributed by atoms with Gasteiger partial charge >= 0.3 is 0 Å². The second-order valence-corrected chi connectivity index (χ2v) is 7.18. The molecule has 7 heteroatoms. The van der Waals surface area contributed by atoms with Crippen molar-refractivity contribution in [1.82, 2.24) is 15.3 Å². The fourth-order valence-corrected chi connectivity index (χ4v) is 3.78. The maximum atomic E-state index is 12.6. The van der Waals surface area contributed by atoms with Gasteiger partial charge in [-0.2, -0.15) is 0 Å². The van der Waals surface area contributed by atoms with Crippen LogP contribution < -0.4 is 16.4 Å². The van der Waals surface area contributed by atoms with Crippen LogP contribution in [-0.2, 0) is 0 Å². The van der Waals surface area contributed by atoms with Gasteiger partial charge in [0.25, 0.3) is 11.8 Å². The third-order valence-corrected chi connectivity index (χ3v) is 5.34. The molecular weight excluding hydrogens is 354 g/mol. The Morgan fingerprint density at radius 1 is 1.11 bits per heavy atom. The normalized spacial score (nSPS) is 18.9. The van der Waals surface area contributed by atoms with E-state index in [1.807, 2.05) is 0 Å². The molecule has 2 unspecified atom stereocenters. The average molecular weight is 377 g/mol. The number of anilines is 1. The van der Waals surface area contributed by atoms with E-state index >= 15 is 0 Å². The molecule has 1 aliphatic rings. The zero-order chi connectivity index (χ0) is 19.5. The molecule has 2 atom stereocenters. The molecule has 4 rings (SSSR count). The molecule has 7 nitrogen and oxygen atoms in total. The molecule has 1 aromatic heterocycles. The van der Waals surface area contributed by atoms with Crippen molar-refractivity contribution in [2.45, 2.75) is 25.3 Å². The fraction of sp³-hybridized carbons (Fsp3) is 0.286. The van der Waals surface area contributed by atoms with Crippen LogP contribution in [0.3, 0.4) is 0 Å². The Labute approximate surface area is 162 Å². The van der Waals surface area contributed by atoms with Crippen LogP contribution in [0.4, 0.5) is 5.69 Å². The molecule has 2 amide bonds. The lowest BCUT2D eigenvalue weighted by molar-refractivity contribution is 0.0927. The fourth-order valence-electron chi connectivity index (χ4n) is 3.78. The van der Waals surface area contributed by atoms with E-state index < -0.39 is 0 Å². The van der Waals surface area contributed by atoms with Crippen LogP contribution >= 0.6 is 0 Å². The van der Waals surface area contributed by atoms with Gasteiger partial charge < -0.3 is 21.4 Å². The highest BCUT2D eigenvalue weighted by molar-refractivity contribution is 6.06. The number of aromatic amines is 1. The number of amides is 2. The summed E-state index contributed by atoms with van der Waals surface area (Å²) in [6.45, 7) is 0.585. The molecule has 0 aliphatic heterocycles. The Hall–Kier alpha value is -3.19. The van der Waals surface area contributed by atoms with Crippen molar-refractivity contribution in [2.75, 3.05) is 11.9 Å². The number of carbonyl (C=O) groups is 2. The standard InChI is InChI=1S/C21H23N5O2/c22-11-15-4-2-6-17(15)26-21(28)13-3-1-5-16(9-13)25-20(27)14-7-8-18-19(10-14)24-12-23-18/h1,3,5,7-10,12,15,17H,2,4,6,11,22H2,(H,23,24)(H,25,27)(H,26,28). The van der Waals surface area contributed by atoms with Crippen LogP contribution in [-0.4, -0.2) is 34.4 Å². The maximum Gasteiger partial charge on any atom is 0.255 e. The number of carbonyl (C=O) groups excluding carboxylic acids is 2. The molecule has 0 spiro atoms. The summed E-state index contributed by atoms with van der Waals surface area (Å²) in [4.78, 5) is 32.3. The van der Waals surface area contributed by atoms with Crippen LogP contribution in [0.2, 0.25) is 0 Å². The molecule has 2 aromatic carbocycles. The Balaban J connectivity index is 1.45. The average Bonchev–Trinajstić information content (AvgIpc) is 3.36. The molecule has 0 radical (unpaired) electrons. The van der Waals surface area contributed by atoms with Crippen molar-refractivity contribution < 1.29 is 9.59 Å². The van der Waals surface area contributed by atoms with Crippen molar-refractivity contribution in [3.05, 3.63) is 59.9 Å². The van der Waals surface area contributed by atoms with Gasteiger partial charge in [-0.25, -0.2) is 4.98 Å². The summed E-state index contributed by atoms with van der Waals surface area (Å²) in [5, 5.41) is 5.93. The molecule has 1 heterocycles. The number of fused-ring (bicyclic) bond motifs is 1. The highest BCUT2D eigenvalue weighted by Crippen LogP contribution is 2.25. The number of nitrogens with one attached hydrogen (secondary N) is 3. The zero-order valence-electron chi connectivity index (χ0n) is 15.4. The van der Waals surface area contributed by atoms with E-state index in [0.717, 1.165) is 30.3 Å². The topological polar surface area (TPSA) is 113 Å². The summed E-state index contributed by atoms with van der Waals surface area (Å²) >= 11 is 0. The first-order chi connectivity index (χ1) is 13.6. The van der Waals surface area contributed by atoms with Gasteiger partial charge in [-0.3, -0.25) is 9.59 Å². The molecule has 1 fully saturated rings. The van der Waals surface area contributed by atoms with E-state index in [1.165, 1.54) is 0 Å². The van der Waals surface area contributed by atoms with E-state index in [4.69, 9.17) is 5.73 Å². The molecule has 144 valence electrons. The number of hydrogen-bond donors (Lipinski definition) is 4. The van der Waals surface area contributed by atoms with Gasteiger partial charge in [-0.1, -0.05) is 12.5 Å². The SMILES string of the molecule is NCC1CCCC1NC(=O)c1cccc(NC(=O)c2ccc3nc[nH]c3c2)c1. The van der Waals surface area contributed by atoms with Gasteiger partial charge in [0.15, 0.2) is 0 Å². The Bertz CT molecular complexity index is 1010.